The van der Waals surface area contributed by atoms with Gasteiger partial charge in [-0.15, -0.1) is 0 Å². The highest BCUT2D eigenvalue weighted by atomic mass is 16.5. The molecule has 0 aliphatic rings. The first-order chi connectivity index (χ1) is 9.17. The third-order valence-corrected chi connectivity index (χ3v) is 3.16. The molecule has 4 nitrogen and oxygen atoms in total. The number of nitrogens with zero attached hydrogens (tertiary/aromatic N) is 1. The van der Waals surface area contributed by atoms with E-state index in [1.165, 1.54) is 0 Å². The van der Waals surface area contributed by atoms with Gasteiger partial charge in [-0.1, -0.05) is 0 Å². The van der Waals surface area contributed by atoms with Gasteiger partial charge in [-0.2, -0.15) is 0 Å². The number of aromatic nitrogens is 2. The first kappa shape index (κ1) is 11.6. The monoisotopic (exact) mass is 254 g/mol. The lowest BCUT2D eigenvalue weighted by molar-refractivity contribution is 0.415. The van der Waals surface area contributed by atoms with Crippen molar-refractivity contribution in [2.45, 2.75) is 6.92 Å². The summed E-state index contributed by atoms with van der Waals surface area (Å²) < 4.78 is 5.19. The summed E-state index contributed by atoms with van der Waals surface area (Å²) in [6, 6.07) is 11.1. The van der Waals surface area contributed by atoms with Crippen molar-refractivity contribution in [1.82, 2.24) is 9.97 Å². The minimum atomic E-state index is 0.293. The largest absolute Gasteiger partial charge is 0.508 e. The van der Waals surface area contributed by atoms with Crippen molar-refractivity contribution >= 4 is 11.0 Å². The molecule has 0 fully saturated rings. The predicted molar refractivity (Wildman–Crippen MR) is 74.5 cm³/mol. The van der Waals surface area contributed by atoms with Gasteiger partial charge >= 0.3 is 0 Å². The van der Waals surface area contributed by atoms with E-state index >= 15 is 0 Å². The Kier molecular flexibility index (Phi) is 2.63. The molecule has 0 saturated carbocycles. The number of H-pyrrole nitrogens is 1. The minimum Gasteiger partial charge on any atom is -0.508 e. The highest BCUT2D eigenvalue weighted by Gasteiger charge is 2.07. The standard InChI is InChI=1S/C15H14N2O2/c1-9-7-10(3-6-14(9)18)15-16-12-5-4-11(19-2)8-13(12)17-15/h3-8,18H,1-2H3,(H,16,17). The van der Waals surface area contributed by atoms with Gasteiger partial charge in [0.05, 0.1) is 18.1 Å². The number of phenolic OH excluding ortho intramolecular Hbond substituents is 1. The van der Waals surface area contributed by atoms with E-state index in [2.05, 4.69) is 9.97 Å². The number of hydrogen-bond donors (Lipinski definition) is 2. The molecule has 0 bridgehead atoms. The normalized spacial score (nSPS) is 10.8. The van der Waals surface area contributed by atoms with Crippen molar-refractivity contribution in [1.29, 1.82) is 0 Å². The van der Waals surface area contributed by atoms with Crippen LogP contribution in [0.2, 0.25) is 0 Å². The predicted octanol–water partition coefficient (Wildman–Crippen LogP) is 3.25. The summed E-state index contributed by atoms with van der Waals surface area (Å²) in [5.41, 5.74) is 3.60. The lowest BCUT2D eigenvalue weighted by atomic mass is 10.1. The maximum atomic E-state index is 9.55. The number of methoxy groups -OCH3 is 1. The maximum Gasteiger partial charge on any atom is 0.138 e. The van der Waals surface area contributed by atoms with Crippen molar-refractivity contribution in [2.24, 2.45) is 0 Å². The summed E-state index contributed by atoms with van der Waals surface area (Å²) >= 11 is 0. The van der Waals surface area contributed by atoms with Gasteiger partial charge < -0.3 is 14.8 Å². The van der Waals surface area contributed by atoms with Gasteiger partial charge in [-0.25, -0.2) is 4.98 Å². The van der Waals surface area contributed by atoms with Crippen molar-refractivity contribution in [3.63, 3.8) is 0 Å². The zero-order chi connectivity index (χ0) is 13.4. The number of ether oxygens (including phenoxy) is 1. The highest BCUT2D eigenvalue weighted by Crippen LogP contribution is 2.26. The van der Waals surface area contributed by atoms with E-state index in [0.717, 1.165) is 33.7 Å². The number of aromatic amines is 1. The molecule has 0 radical (unpaired) electrons. The van der Waals surface area contributed by atoms with Crippen LogP contribution in [-0.2, 0) is 0 Å². The topological polar surface area (TPSA) is 58.1 Å². The van der Waals surface area contributed by atoms with Gasteiger partial charge in [0.25, 0.3) is 0 Å². The molecule has 2 aromatic carbocycles. The molecular formula is C15H14N2O2. The lowest BCUT2D eigenvalue weighted by Gasteiger charge is -2.01. The van der Waals surface area contributed by atoms with Crippen LogP contribution in [0.4, 0.5) is 0 Å². The zero-order valence-corrected chi connectivity index (χ0v) is 10.8. The Bertz CT molecular complexity index is 747. The second kappa shape index (κ2) is 4.31. The molecular weight excluding hydrogens is 240 g/mol. The average Bonchev–Trinajstić information content (AvgIpc) is 2.84. The van der Waals surface area contributed by atoms with Crippen molar-refractivity contribution in [2.75, 3.05) is 7.11 Å². The molecule has 19 heavy (non-hydrogen) atoms. The fourth-order valence-electron chi connectivity index (χ4n) is 2.06. The Morgan fingerprint density at radius 3 is 2.74 bits per heavy atom. The third kappa shape index (κ3) is 2.01. The molecule has 0 aliphatic heterocycles. The number of imidazole rings is 1. The van der Waals surface area contributed by atoms with E-state index in [9.17, 15) is 5.11 Å². The van der Waals surface area contributed by atoms with Gasteiger partial charge in [-0.3, -0.25) is 0 Å². The van der Waals surface area contributed by atoms with Crippen molar-refractivity contribution in [3.8, 4) is 22.9 Å². The molecule has 3 rings (SSSR count). The van der Waals surface area contributed by atoms with E-state index < -0.39 is 0 Å². The summed E-state index contributed by atoms with van der Waals surface area (Å²) in [5, 5.41) is 9.55. The molecule has 2 N–H and O–H groups in total. The van der Waals surface area contributed by atoms with Crippen molar-refractivity contribution < 1.29 is 9.84 Å². The first-order valence-electron chi connectivity index (χ1n) is 6.01. The molecule has 0 amide bonds. The number of aromatic hydroxyl groups is 1. The van der Waals surface area contributed by atoms with Crippen molar-refractivity contribution in [3.05, 3.63) is 42.0 Å². The first-order valence-corrected chi connectivity index (χ1v) is 6.01. The number of benzene rings is 2. The molecule has 0 atom stereocenters. The number of phenols is 1. The summed E-state index contributed by atoms with van der Waals surface area (Å²) in [6.07, 6.45) is 0. The zero-order valence-electron chi connectivity index (χ0n) is 10.8. The maximum absolute atomic E-state index is 9.55. The van der Waals surface area contributed by atoms with Crippen LogP contribution in [0.3, 0.4) is 0 Å². The summed E-state index contributed by atoms with van der Waals surface area (Å²) in [5.74, 6) is 1.87. The fourth-order valence-corrected chi connectivity index (χ4v) is 2.06. The van der Waals surface area contributed by atoms with E-state index in [4.69, 9.17) is 4.74 Å². The number of hydrogen-bond acceptors (Lipinski definition) is 3. The van der Waals surface area contributed by atoms with Gasteiger partial charge in [0, 0.05) is 11.6 Å². The third-order valence-electron chi connectivity index (χ3n) is 3.16. The molecule has 4 heteroatoms. The van der Waals surface area contributed by atoms with E-state index in [0.29, 0.717) is 5.75 Å². The van der Waals surface area contributed by atoms with Crippen LogP contribution >= 0.6 is 0 Å². The number of aryl methyl sites for hydroxylation is 1. The fraction of sp³-hybridized carbons (Fsp3) is 0.133. The molecule has 96 valence electrons. The van der Waals surface area contributed by atoms with Crippen LogP contribution in [-0.4, -0.2) is 22.2 Å². The molecule has 1 aromatic heterocycles. The molecule has 0 spiro atoms. The van der Waals surface area contributed by atoms with Gasteiger partial charge in [0.15, 0.2) is 0 Å². The second-order valence-electron chi connectivity index (χ2n) is 4.47. The van der Waals surface area contributed by atoms with E-state index in [1.54, 1.807) is 13.2 Å². The molecule has 3 aromatic rings. The van der Waals surface area contributed by atoms with Crippen LogP contribution in [0.5, 0.6) is 11.5 Å². The quantitative estimate of drug-likeness (QED) is 0.738. The summed E-state index contributed by atoms with van der Waals surface area (Å²) in [6.45, 7) is 1.87. The molecule has 1 heterocycles. The number of rotatable bonds is 2. The van der Waals surface area contributed by atoms with Crippen LogP contribution in [0.25, 0.3) is 22.4 Å². The summed E-state index contributed by atoms with van der Waals surface area (Å²) in [7, 11) is 1.64. The van der Waals surface area contributed by atoms with Gasteiger partial charge in [-0.05, 0) is 42.8 Å². The highest BCUT2D eigenvalue weighted by molar-refractivity contribution is 5.80. The van der Waals surface area contributed by atoms with Crippen LogP contribution in [0.1, 0.15) is 5.56 Å². The SMILES string of the molecule is COc1ccc2nc(-c3ccc(O)c(C)c3)[nH]c2c1. The van der Waals surface area contributed by atoms with Crippen LogP contribution < -0.4 is 4.74 Å². The van der Waals surface area contributed by atoms with E-state index in [1.807, 2.05) is 37.3 Å². The Labute approximate surface area is 110 Å². The molecule has 0 aliphatic carbocycles. The lowest BCUT2D eigenvalue weighted by Crippen LogP contribution is -1.82. The number of nitrogens with one attached hydrogen (secondary N) is 1. The molecule has 0 saturated heterocycles. The van der Waals surface area contributed by atoms with Crippen LogP contribution in [0, 0.1) is 6.92 Å². The van der Waals surface area contributed by atoms with Gasteiger partial charge in [0.2, 0.25) is 0 Å². The molecule has 0 unspecified atom stereocenters. The van der Waals surface area contributed by atoms with E-state index in [-0.39, 0.29) is 0 Å². The average molecular weight is 254 g/mol. The van der Waals surface area contributed by atoms with Crippen LogP contribution in [0.15, 0.2) is 36.4 Å². The number of fused-ring (bicyclic) bond motifs is 1. The smallest absolute Gasteiger partial charge is 0.138 e. The second-order valence-corrected chi connectivity index (χ2v) is 4.47. The Hall–Kier alpha value is -2.49. The van der Waals surface area contributed by atoms with Gasteiger partial charge in [0.1, 0.15) is 17.3 Å². The summed E-state index contributed by atoms with van der Waals surface area (Å²) in [4.78, 5) is 7.80. The Morgan fingerprint density at radius 2 is 2.00 bits per heavy atom. The Morgan fingerprint density at radius 1 is 1.16 bits per heavy atom. The Balaban J connectivity index is 2.11. The minimum absolute atomic E-state index is 0.293.